The third-order valence-electron chi connectivity index (χ3n) is 3.82. The van der Waals surface area contributed by atoms with E-state index in [0.717, 1.165) is 0 Å². The van der Waals surface area contributed by atoms with Gasteiger partial charge in [0.15, 0.2) is 5.78 Å². The van der Waals surface area contributed by atoms with Crippen molar-refractivity contribution in [2.75, 3.05) is 31.4 Å². The third-order valence-corrected chi connectivity index (χ3v) is 4.98. The number of anilines is 2. The second-order valence-corrected chi connectivity index (χ2v) is 7.77. The van der Waals surface area contributed by atoms with Crippen LogP contribution in [0, 0.1) is 0 Å². The van der Waals surface area contributed by atoms with E-state index in [-0.39, 0.29) is 0 Å². The maximum Gasteiger partial charge on any atom is 0.239 e. The van der Waals surface area contributed by atoms with Crippen molar-refractivity contribution in [2.45, 2.75) is 0 Å². The van der Waals surface area contributed by atoms with Gasteiger partial charge in [-0.3, -0.25) is 9.52 Å². The highest BCUT2D eigenvalue weighted by atomic mass is 32.2. The average Bonchev–Trinajstić information content (AvgIpc) is 2.66. The number of sulfonamides is 1. The van der Waals surface area contributed by atoms with Crippen LogP contribution in [0.25, 0.3) is 12.2 Å². The Balaban J connectivity index is 1.95. The van der Waals surface area contributed by atoms with E-state index in [1.54, 1.807) is 36.4 Å². The number of carbonyl (C=O) groups excluding carboxylic acids is 1. The van der Waals surface area contributed by atoms with E-state index in [1.807, 2.05) is 0 Å². The number of ether oxygens (including phenoxy) is 2. The lowest BCUT2D eigenvalue weighted by atomic mass is 10.1. The summed E-state index contributed by atoms with van der Waals surface area (Å²) < 4.78 is 36.4. The zero-order valence-corrected chi connectivity index (χ0v) is 16.9. The molecule has 0 unspecified atom stereocenters. The molecule has 0 bridgehead atoms. The molecule has 0 aliphatic rings. The molecule has 154 valence electrons. The minimum atomic E-state index is -3.84. The Morgan fingerprint density at radius 3 is 1.97 bits per heavy atom. The quantitative estimate of drug-likeness (QED) is 0.420. The van der Waals surface area contributed by atoms with E-state index in [9.17, 15) is 13.2 Å². The van der Waals surface area contributed by atoms with Crippen molar-refractivity contribution in [3.63, 3.8) is 0 Å². The summed E-state index contributed by atoms with van der Waals surface area (Å²) in [6.45, 7) is 0. The van der Waals surface area contributed by atoms with Crippen molar-refractivity contribution in [1.82, 2.24) is 4.72 Å². The maximum atomic E-state index is 12.0. The molecule has 0 radical (unpaired) electrons. The SMILES string of the molecule is COc1ccc(C=CNS(=O)(=O)CC(=O)C=Cc2ccc(OC)c(N)c2)cc1N. The van der Waals surface area contributed by atoms with Crippen LogP contribution in [0.3, 0.4) is 0 Å². The number of rotatable bonds is 9. The van der Waals surface area contributed by atoms with Crippen molar-refractivity contribution >= 4 is 39.3 Å². The maximum absolute atomic E-state index is 12.0. The fourth-order valence-corrected chi connectivity index (χ4v) is 3.24. The summed E-state index contributed by atoms with van der Waals surface area (Å²) in [4.78, 5) is 12.0. The molecule has 0 aliphatic heterocycles. The lowest BCUT2D eigenvalue weighted by molar-refractivity contribution is -0.112. The van der Waals surface area contributed by atoms with E-state index in [4.69, 9.17) is 20.9 Å². The molecule has 0 saturated carbocycles. The fraction of sp³-hybridized carbons (Fsp3) is 0.150. The van der Waals surface area contributed by atoms with Crippen LogP contribution in [0.15, 0.2) is 48.7 Å². The van der Waals surface area contributed by atoms with Crippen LogP contribution < -0.4 is 25.7 Å². The number of benzene rings is 2. The molecule has 2 aromatic carbocycles. The van der Waals surface area contributed by atoms with Gasteiger partial charge in [0.1, 0.15) is 17.3 Å². The number of carbonyl (C=O) groups is 1. The third kappa shape index (κ3) is 6.58. The molecule has 0 spiro atoms. The number of nitrogens with two attached hydrogens (primary N) is 2. The Labute approximate surface area is 169 Å². The van der Waals surface area contributed by atoms with Gasteiger partial charge in [-0.2, -0.15) is 0 Å². The van der Waals surface area contributed by atoms with Gasteiger partial charge in [-0.1, -0.05) is 18.2 Å². The van der Waals surface area contributed by atoms with Gasteiger partial charge >= 0.3 is 0 Å². The molecule has 9 heteroatoms. The summed E-state index contributed by atoms with van der Waals surface area (Å²) in [6.07, 6.45) is 5.43. The first-order valence-electron chi connectivity index (χ1n) is 8.48. The molecule has 0 fully saturated rings. The molecule has 29 heavy (non-hydrogen) atoms. The van der Waals surface area contributed by atoms with E-state index in [1.165, 1.54) is 38.6 Å². The molecule has 2 rings (SSSR count). The van der Waals surface area contributed by atoms with Crippen LogP contribution in [0.2, 0.25) is 0 Å². The van der Waals surface area contributed by atoms with Gasteiger partial charge in [0.05, 0.1) is 25.6 Å². The largest absolute Gasteiger partial charge is 0.495 e. The molecule has 5 N–H and O–H groups in total. The summed E-state index contributed by atoms with van der Waals surface area (Å²) in [6, 6.07) is 10.0. The van der Waals surface area contributed by atoms with E-state index in [0.29, 0.717) is 34.0 Å². The Morgan fingerprint density at radius 2 is 1.48 bits per heavy atom. The molecule has 0 amide bonds. The molecule has 2 aromatic rings. The van der Waals surface area contributed by atoms with Crippen LogP contribution in [0.4, 0.5) is 11.4 Å². The van der Waals surface area contributed by atoms with Crippen LogP contribution in [0.5, 0.6) is 11.5 Å². The molecule has 0 aromatic heterocycles. The normalized spacial score (nSPS) is 11.7. The van der Waals surface area contributed by atoms with Crippen LogP contribution in [-0.2, 0) is 14.8 Å². The molecule has 8 nitrogen and oxygen atoms in total. The van der Waals surface area contributed by atoms with Gasteiger partial charge in [-0.15, -0.1) is 0 Å². The Bertz CT molecular complexity index is 1050. The number of nitrogen functional groups attached to an aromatic ring is 2. The van der Waals surface area contributed by atoms with Gasteiger partial charge in [0.25, 0.3) is 0 Å². The Morgan fingerprint density at radius 1 is 0.966 bits per heavy atom. The molecule has 0 atom stereocenters. The summed E-state index contributed by atoms with van der Waals surface area (Å²) in [5.41, 5.74) is 13.8. The van der Waals surface area contributed by atoms with Crippen molar-refractivity contribution in [1.29, 1.82) is 0 Å². The van der Waals surface area contributed by atoms with Gasteiger partial charge in [-0.05, 0) is 47.5 Å². The molecular weight excluding hydrogens is 394 g/mol. The number of methoxy groups -OCH3 is 2. The highest BCUT2D eigenvalue weighted by Gasteiger charge is 2.12. The van der Waals surface area contributed by atoms with Gasteiger partial charge in [0, 0.05) is 6.20 Å². The molecule has 0 aliphatic carbocycles. The first kappa shape index (κ1) is 21.8. The first-order chi connectivity index (χ1) is 13.7. The summed E-state index contributed by atoms with van der Waals surface area (Å²) >= 11 is 0. The van der Waals surface area contributed by atoms with Gasteiger partial charge in [0.2, 0.25) is 10.0 Å². The van der Waals surface area contributed by atoms with Crippen molar-refractivity contribution < 1.29 is 22.7 Å². The van der Waals surface area contributed by atoms with Crippen LogP contribution in [0.1, 0.15) is 11.1 Å². The zero-order valence-electron chi connectivity index (χ0n) is 16.1. The predicted octanol–water partition coefficient (Wildman–Crippen LogP) is 2.04. The number of allylic oxidation sites excluding steroid dienone is 1. The lowest BCUT2D eigenvalue weighted by Gasteiger charge is -2.05. The van der Waals surface area contributed by atoms with Crippen LogP contribution >= 0.6 is 0 Å². The summed E-state index contributed by atoms with van der Waals surface area (Å²) in [5, 5.41) is 0. The van der Waals surface area contributed by atoms with E-state index in [2.05, 4.69) is 4.72 Å². The predicted molar refractivity (Wildman–Crippen MR) is 115 cm³/mol. The lowest BCUT2D eigenvalue weighted by Crippen LogP contribution is -2.25. The average molecular weight is 417 g/mol. The smallest absolute Gasteiger partial charge is 0.239 e. The Hall–Kier alpha value is -3.46. The molecule has 0 heterocycles. The van der Waals surface area contributed by atoms with E-state index < -0.39 is 21.6 Å². The Kier molecular flexibility index (Phi) is 7.27. The fourth-order valence-electron chi connectivity index (χ4n) is 2.41. The summed E-state index contributed by atoms with van der Waals surface area (Å²) in [7, 11) is -0.830. The minimum absolute atomic E-state index is 0.417. The topological polar surface area (TPSA) is 134 Å². The highest BCUT2D eigenvalue weighted by Crippen LogP contribution is 2.23. The highest BCUT2D eigenvalue weighted by molar-refractivity contribution is 7.90. The monoisotopic (exact) mass is 417 g/mol. The number of hydrogen-bond donors (Lipinski definition) is 3. The number of ketones is 1. The standard InChI is InChI=1S/C20H23N3O5S/c1-27-19-7-4-14(11-17(19)21)3-6-16(24)13-29(25,26)23-10-9-15-5-8-20(28-2)18(22)12-15/h3-12,23H,13,21-22H2,1-2H3. The molecule has 0 saturated heterocycles. The van der Waals surface area contributed by atoms with Crippen LogP contribution in [-0.4, -0.2) is 34.2 Å². The van der Waals surface area contributed by atoms with Gasteiger partial charge in [-0.25, -0.2) is 8.42 Å². The second-order valence-electron chi connectivity index (χ2n) is 6.01. The summed E-state index contributed by atoms with van der Waals surface area (Å²) in [5.74, 6) is -0.220. The zero-order chi connectivity index (χ0) is 21.4. The minimum Gasteiger partial charge on any atom is -0.495 e. The van der Waals surface area contributed by atoms with E-state index >= 15 is 0 Å². The van der Waals surface area contributed by atoms with Crippen molar-refractivity contribution in [2.24, 2.45) is 0 Å². The number of nitrogens with one attached hydrogen (secondary N) is 1. The van der Waals surface area contributed by atoms with Gasteiger partial charge < -0.3 is 20.9 Å². The second kappa shape index (κ2) is 9.65. The first-order valence-corrected chi connectivity index (χ1v) is 10.1. The number of hydrogen-bond acceptors (Lipinski definition) is 7. The molecular formula is C20H23N3O5S. The van der Waals surface area contributed by atoms with Crippen molar-refractivity contribution in [3.05, 3.63) is 59.8 Å². The van der Waals surface area contributed by atoms with Crippen molar-refractivity contribution in [3.8, 4) is 11.5 Å².